The Balaban J connectivity index is 1.43. The average Bonchev–Trinajstić information content (AvgIpc) is 3.07. The number of oxazole rings is 1. The molecular weight excluding hydrogens is 396 g/mol. The predicted molar refractivity (Wildman–Crippen MR) is 119 cm³/mol. The third-order valence-corrected chi connectivity index (χ3v) is 5.40. The van der Waals surface area contributed by atoms with Crippen molar-refractivity contribution < 1.29 is 13.9 Å². The van der Waals surface area contributed by atoms with E-state index in [0.717, 1.165) is 13.1 Å². The second-order valence-electron chi connectivity index (χ2n) is 8.07. The van der Waals surface area contributed by atoms with Gasteiger partial charge in [-0.2, -0.15) is 0 Å². The molecule has 0 aliphatic carbocycles. The van der Waals surface area contributed by atoms with Gasteiger partial charge in [-0.25, -0.2) is 4.79 Å². The van der Waals surface area contributed by atoms with Crippen molar-refractivity contribution in [1.29, 1.82) is 0 Å². The molecule has 1 atom stereocenters. The summed E-state index contributed by atoms with van der Waals surface area (Å²) in [5.74, 6) is -0.588. The van der Waals surface area contributed by atoms with Crippen LogP contribution in [0.4, 0.5) is 5.69 Å². The van der Waals surface area contributed by atoms with Crippen LogP contribution in [0.15, 0.2) is 57.7 Å². The maximum atomic E-state index is 12.8. The molecule has 1 saturated heterocycles. The third kappa shape index (κ3) is 5.22. The van der Waals surface area contributed by atoms with Crippen molar-refractivity contribution in [1.82, 2.24) is 14.4 Å². The Bertz CT molecular complexity index is 1090. The minimum Gasteiger partial charge on any atom is -0.408 e. The van der Waals surface area contributed by atoms with E-state index in [1.165, 1.54) is 5.56 Å². The van der Waals surface area contributed by atoms with Crippen LogP contribution in [0.25, 0.3) is 11.1 Å². The summed E-state index contributed by atoms with van der Waals surface area (Å²) in [4.78, 5) is 29.3. The van der Waals surface area contributed by atoms with Crippen molar-refractivity contribution in [3.05, 3.63) is 64.6 Å². The van der Waals surface area contributed by atoms with E-state index < -0.39 is 11.9 Å². The second-order valence-corrected chi connectivity index (χ2v) is 8.07. The van der Waals surface area contributed by atoms with E-state index in [4.69, 9.17) is 9.15 Å². The smallest absolute Gasteiger partial charge is 0.408 e. The van der Waals surface area contributed by atoms with Gasteiger partial charge in [-0.3, -0.25) is 14.3 Å². The van der Waals surface area contributed by atoms with Gasteiger partial charge in [0.2, 0.25) is 0 Å². The highest BCUT2D eigenvalue weighted by Crippen LogP contribution is 2.20. The Hall–Kier alpha value is -2.94. The highest BCUT2D eigenvalue weighted by atomic mass is 16.5. The van der Waals surface area contributed by atoms with Crippen LogP contribution in [-0.2, 0) is 22.6 Å². The van der Waals surface area contributed by atoms with Crippen molar-refractivity contribution in [3.63, 3.8) is 0 Å². The number of fused-ring (bicyclic) bond motifs is 1. The van der Waals surface area contributed by atoms with Crippen LogP contribution in [0.5, 0.6) is 0 Å². The van der Waals surface area contributed by atoms with Crippen LogP contribution < -0.4 is 11.1 Å². The first-order chi connectivity index (χ1) is 15.0. The van der Waals surface area contributed by atoms with Crippen LogP contribution >= 0.6 is 0 Å². The zero-order valence-corrected chi connectivity index (χ0v) is 17.9. The Labute approximate surface area is 181 Å². The molecule has 1 amide bonds. The van der Waals surface area contributed by atoms with E-state index in [2.05, 4.69) is 22.3 Å². The van der Waals surface area contributed by atoms with Gasteiger partial charge < -0.3 is 19.4 Å². The molecular formula is C23H28N4O4. The standard InChI is InChI=1S/C23H28N4O4/c1-25(2)10-11-27-19-14-18(8-9-20(19)31-23(27)29)24-22(28)21-16-26(12-13-30-21)15-17-6-4-3-5-7-17/h3-9,14,21H,10-13,15-16H2,1-2H3,(H,24,28). The van der Waals surface area contributed by atoms with E-state index in [-0.39, 0.29) is 5.91 Å². The molecule has 2 heterocycles. The third-order valence-electron chi connectivity index (χ3n) is 5.40. The Morgan fingerprint density at radius 3 is 2.77 bits per heavy atom. The summed E-state index contributed by atoms with van der Waals surface area (Å²) < 4.78 is 12.6. The monoisotopic (exact) mass is 424 g/mol. The average molecular weight is 425 g/mol. The molecule has 1 aliphatic rings. The van der Waals surface area contributed by atoms with Crippen molar-refractivity contribution in [3.8, 4) is 0 Å². The summed E-state index contributed by atoms with van der Waals surface area (Å²) >= 11 is 0. The molecule has 31 heavy (non-hydrogen) atoms. The molecule has 0 spiro atoms. The van der Waals surface area contributed by atoms with Crippen molar-refractivity contribution in [2.75, 3.05) is 45.7 Å². The number of carbonyl (C=O) groups is 1. The molecule has 8 heteroatoms. The first kappa shape index (κ1) is 21.3. The molecule has 0 radical (unpaired) electrons. The van der Waals surface area contributed by atoms with E-state index in [1.54, 1.807) is 22.8 Å². The molecule has 4 rings (SSSR count). The number of nitrogens with one attached hydrogen (secondary N) is 1. The molecule has 2 aromatic carbocycles. The van der Waals surface area contributed by atoms with E-state index in [1.807, 2.05) is 37.2 Å². The first-order valence-corrected chi connectivity index (χ1v) is 10.5. The van der Waals surface area contributed by atoms with Gasteiger partial charge in [-0.15, -0.1) is 0 Å². The molecule has 1 fully saturated rings. The number of hydrogen-bond acceptors (Lipinski definition) is 6. The zero-order valence-electron chi connectivity index (χ0n) is 17.9. The summed E-state index contributed by atoms with van der Waals surface area (Å²) in [6.07, 6.45) is -0.548. The lowest BCUT2D eigenvalue weighted by atomic mass is 10.2. The van der Waals surface area contributed by atoms with Gasteiger partial charge in [0.25, 0.3) is 5.91 Å². The lowest BCUT2D eigenvalue weighted by Gasteiger charge is -2.32. The highest BCUT2D eigenvalue weighted by molar-refractivity contribution is 5.96. The quantitative estimate of drug-likeness (QED) is 0.625. The van der Waals surface area contributed by atoms with Crippen molar-refractivity contribution in [2.45, 2.75) is 19.2 Å². The number of carbonyl (C=O) groups excluding carboxylic acids is 1. The number of rotatable bonds is 7. The Morgan fingerprint density at radius 2 is 2.00 bits per heavy atom. The molecule has 0 bridgehead atoms. The summed E-state index contributed by atoms with van der Waals surface area (Å²) in [6, 6.07) is 15.4. The van der Waals surface area contributed by atoms with Crippen LogP contribution in [-0.4, -0.2) is 66.7 Å². The largest absolute Gasteiger partial charge is 0.419 e. The van der Waals surface area contributed by atoms with Gasteiger partial charge >= 0.3 is 5.76 Å². The van der Waals surface area contributed by atoms with E-state index in [0.29, 0.717) is 43.0 Å². The number of anilines is 1. The van der Waals surface area contributed by atoms with Gasteiger partial charge in [-0.1, -0.05) is 30.3 Å². The van der Waals surface area contributed by atoms with E-state index in [9.17, 15) is 9.59 Å². The summed E-state index contributed by atoms with van der Waals surface area (Å²) in [5.41, 5.74) is 3.00. The van der Waals surface area contributed by atoms with Crippen LogP contribution in [0.2, 0.25) is 0 Å². The van der Waals surface area contributed by atoms with Gasteiger partial charge in [0, 0.05) is 38.4 Å². The fourth-order valence-electron chi connectivity index (χ4n) is 3.72. The van der Waals surface area contributed by atoms with E-state index >= 15 is 0 Å². The lowest BCUT2D eigenvalue weighted by molar-refractivity contribution is -0.133. The van der Waals surface area contributed by atoms with Crippen molar-refractivity contribution in [2.24, 2.45) is 0 Å². The van der Waals surface area contributed by atoms with Crippen LogP contribution in [0.3, 0.4) is 0 Å². The zero-order chi connectivity index (χ0) is 21.8. The first-order valence-electron chi connectivity index (χ1n) is 10.5. The molecule has 1 N–H and O–H groups in total. The summed E-state index contributed by atoms with van der Waals surface area (Å²) in [6.45, 7) is 3.83. The molecule has 0 saturated carbocycles. The lowest BCUT2D eigenvalue weighted by Crippen LogP contribution is -2.47. The van der Waals surface area contributed by atoms with Crippen LogP contribution in [0, 0.1) is 0 Å². The molecule has 164 valence electrons. The van der Waals surface area contributed by atoms with Crippen molar-refractivity contribution >= 4 is 22.7 Å². The normalized spacial score (nSPS) is 17.3. The molecule has 1 unspecified atom stereocenters. The molecule has 8 nitrogen and oxygen atoms in total. The SMILES string of the molecule is CN(C)CCn1c(=O)oc2ccc(NC(=O)C3CN(Cc4ccccc4)CCO3)cc21. The molecule has 1 aliphatic heterocycles. The number of benzene rings is 2. The fourth-order valence-corrected chi connectivity index (χ4v) is 3.72. The van der Waals surface area contributed by atoms with Gasteiger partial charge in [0.1, 0.15) is 6.10 Å². The maximum absolute atomic E-state index is 12.8. The summed E-state index contributed by atoms with van der Waals surface area (Å²) in [5, 5.41) is 2.93. The fraction of sp³-hybridized carbons (Fsp3) is 0.391. The maximum Gasteiger partial charge on any atom is 0.419 e. The predicted octanol–water partition coefficient (Wildman–Crippen LogP) is 2.00. The second kappa shape index (κ2) is 9.47. The minimum atomic E-state index is -0.548. The van der Waals surface area contributed by atoms with Crippen LogP contribution in [0.1, 0.15) is 5.56 Å². The van der Waals surface area contributed by atoms with Gasteiger partial charge in [0.15, 0.2) is 5.58 Å². The molecule has 3 aromatic rings. The number of amides is 1. The Kier molecular flexibility index (Phi) is 6.50. The minimum absolute atomic E-state index is 0.192. The number of nitrogens with zero attached hydrogens (tertiary/aromatic N) is 3. The number of hydrogen-bond donors (Lipinski definition) is 1. The molecule has 1 aromatic heterocycles. The Morgan fingerprint density at radius 1 is 1.19 bits per heavy atom. The summed E-state index contributed by atoms with van der Waals surface area (Å²) in [7, 11) is 3.90. The number of ether oxygens (including phenoxy) is 1. The van der Waals surface area contributed by atoms with Gasteiger partial charge in [-0.05, 0) is 37.9 Å². The number of likely N-dealkylation sites (N-methyl/N-ethyl adjacent to an activating group) is 1. The highest BCUT2D eigenvalue weighted by Gasteiger charge is 2.27. The van der Waals surface area contributed by atoms with Gasteiger partial charge in [0.05, 0.1) is 12.1 Å². The number of aromatic nitrogens is 1. The topological polar surface area (TPSA) is 80.0 Å². The number of morpholine rings is 1.